The number of halogens is 3. The highest BCUT2D eigenvalue weighted by Gasteiger charge is 2.57. The number of rotatable bonds is 5. The van der Waals surface area contributed by atoms with Crippen molar-refractivity contribution in [3.8, 4) is 5.75 Å². The zero-order chi connectivity index (χ0) is 18.9. The van der Waals surface area contributed by atoms with Gasteiger partial charge in [-0.2, -0.15) is 13.2 Å². The smallest absolute Gasteiger partial charge is 0.424 e. The van der Waals surface area contributed by atoms with Gasteiger partial charge in [0.1, 0.15) is 11.6 Å². The van der Waals surface area contributed by atoms with Crippen LogP contribution in [0.4, 0.5) is 13.2 Å². The van der Waals surface area contributed by atoms with Crippen LogP contribution in [-0.2, 0) is 19.1 Å². The first-order valence-corrected chi connectivity index (χ1v) is 8.03. The minimum Gasteiger partial charge on any atom is -0.493 e. The van der Waals surface area contributed by atoms with Crippen LogP contribution in [0.5, 0.6) is 5.75 Å². The number of nitrogens with one attached hydrogen (secondary N) is 1. The third-order valence-corrected chi connectivity index (χ3v) is 4.38. The molecular formula is C17H18F3N3O3. The molecule has 0 fully saturated rings. The van der Waals surface area contributed by atoms with Crippen molar-refractivity contribution in [1.82, 2.24) is 14.9 Å². The lowest BCUT2D eigenvalue weighted by Crippen LogP contribution is -2.46. The Labute approximate surface area is 147 Å². The number of hydrogen-bond donors (Lipinski definition) is 2. The molecule has 1 atom stereocenters. The van der Waals surface area contributed by atoms with Crippen LogP contribution in [0.3, 0.4) is 0 Å². The maximum absolute atomic E-state index is 13.4. The number of nitrogens with zero attached hydrogens (tertiary/aromatic N) is 2. The van der Waals surface area contributed by atoms with Gasteiger partial charge < -0.3 is 19.7 Å². The summed E-state index contributed by atoms with van der Waals surface area (Å²) in [5.41, 5.74) is -1.93. The standard InChI is InChI=1S/C17H18F3N3O3/c1-23-8-7-22-15(23)16(25,17(18,19)20)5-6-21-14(24)12-2-3-13-11(10-12)4-9-26-13/h2-3,7-8,10,25H,4-6,9H2,1H3,(H,21,24). The number of imidazole rings is 1. The summed E-state index contributed by atoms with van der Waals surface area (Å²) in [5.74, 6) is -0.319. The van der Waals surface area contributed by atoms with E-state index in [1.54, 1.807) is 18.2 Å². The van der Waals surface area contributed by atoms with E-state index in [0.717, 1.165) is 10.1 Å². The number of benzene rings is 1. The van der Waals surface area contributed by atoms with Gasteiger partial charge in [-0.1, -0.05) is 0 Å². The third kappa shape index (κ3) is 3.26. The quantitative estimate of drug-likeness (QED) is 0.844. The number of aliphatic hydroxyl groups is 1. The Morgan fingerprint density at radius 1 is 1.42 bits per heavy atom. The van der Waals surface area contributed by atoms with Crippen molar-refractivity contribution < 1.29 is 27.8 Å². The lowest BCUT2D eigenvalue weighted by molar-refractivity contribution is -0.272. The Bertz CT molecular complexity index is 819. The number of amides is 1. The molecule has 2 N–H and O–H groups in total. The first-order chi connectivity index (χ1) is 12.2. The van der Waals surface area contributed by atoms with Gasteiger partial charge in [0.05, 0.1) is 6.61 Å². The van der Waals surface area contributed by atoms with Crippen LogP contribution >= 0.6 is 0 Å². The van der Waals surface area contributed by atoms with Crippen LogP contribution in [-0.4, -0.2) is 39.9 Å². The number of alkyl halides is 3. The predicted octanol–water partition coefficient (Wildman–Crippen LogP) is 1.92. The van der Waals surface area contributed by atoms with Crippen molar-refractivity contribution in [2.24, 2.45) is 7.05 Å². The van der Waals surface area contributed by atoms with Crippen LogP contribution < -0.4 is 10.1 Å². The van der Waals surface area contributed by atoms with Gasteiger partial charge in [-0.3, -0.25) is 4.79 Å². The minimum absolute atomic E-state index is 0.335. The highest BCUT2D eigenvalue weighted by atomic mass is 19.4. The van der Waals surface area contributed by atoms with E-state index >= 15 is 0 Å². The summed E-state index contributed by atoms with van der Waals surface area (Å²) >= 11 is 0. The zero-order valence-electron chi connectivity index (χ0n) is 14.0. The average molecular weight is 369 g/mol. The van der Waals surface area contributed by atoms with Crippen molar-refractivity contribution in [3.63, 3.8) is 0 Å². The fourth-order valence-electron chi connectivity index (χ4n) is 2.93. The van der Waals surface area contributed by atoms with Gasteiger partial charge in [-0.05, 0) is 23.8 Å². The maximum Gasteiger partial charge on any atom is 0.424 e. The van der Waals surface area contributed by atoms with Gasteiger partial charge in [0.2, 0.25) is 5.60 Å². The topological polar surface area (TPSA) is 76.4 Å². The molecule has 0 aliphatic carbocycles. The Morgan fingerprint density at radius 3 is 2.85 bits per heavy atom. The Balaban J connectivity index is 1.69. The molecule has 1 unspecified atom stereocenters. The van der Waals surface area contributed by atoms with Gasteiger partial charge >= 0.3 is 6.18 Å². The van der Waals surface area contributed by atoms with E-state index in [9.17, 15) is 23.1 Å². The van der Waals surface area contributed by atoms with Gasteiger partial charge in [0, 0.05) is 44.4 Å². The molecule has 2 aromatic rings. The largest absolute Gasteiger partial charge is 0.493 e. The number of aromatic nitrogens is 2. The molecular weight excluding hydrogens is 351 g/mol. The Morgan fingerprint density at radius 2 is 2.19 bits per heavy atom. The predicted molar refractivity (Wildman–Crippen MR) is 85.8 cm³/mol. The summed E-state index contributed by atoms with van der Waals surface area (Å²) in [4.78, 5) is 15.8. The first kappa shape index (κ1) is 18.2. The number of aryl methyl sites for hydroxylation is 1. The second-order valence-corrected chi connectivity index (χ2v) is 6.15. The summed E-state index contributed by atoms with van der Waals surface area (Å²) in [5, 5.41) is 12.6. The molecule has 3 rings (SSSR count). The van der Waals surface area contributed by atoms with Gasteiger partial charge in [-0.25, -0.2) is 4.98 Å². The molecule has 9 heteroatoms. The summed E-state index contributed by atoms with van der Waals surface area (Å²) in [6.07, 6.45) is -2.50. The van der Waals surface area contributed by atoms with Crippen LogP contribution in [0, 0.1) is 0 Å². The summed E-state index contributed by atoms with van der Waals surface area (Å²) < 4.78 is 46.7. The molecule has 0 bridgehead atoms. The van der Waals surface area contributed by atoms with Crippen molar-refractivity contribution in [3.05, 3.63) is 47.5 Å². The summed E-state index contributed by atoms with van der Waals surface area (Å²) in [6, 6.07) is 4.87. The molecule has 2 heterocycles. The fraction of sp³-hybridized carbons (Fsp3) is 0.412. The van der Waals surface area contributed by atoms with E-state index in [1.807, 2.05) is 0 Å². The molecule has 1 aliphatic rings. The Kier molecular flexibility index (Phi) is 4.66. The highest BCUT2D eigenvalue weighted by molar-refractivity contribution is 5.94. The molecule has 0 radical (unpaired) electrons. The molecule has 26 heavy (non-hydrogen) atoms. The maximum atomic E-state index is 13.4. The van der Waals surface area contributed by atoms with E-state index < -0.39 is 29.9 Å². The number of hydrogen-bond acceptors (Lipinski definition) is 4. The van der Waals surface area contributed by atoms with Crippen molar-refractivity contribution in [2.75, 3.05) is 13.2 Å². The minimum atomic E-state index is -4.93. The lowest BCUT2D eigenvalue weighted by Gasteiger charge is -2.30. The molecule has 1 amide bonds. The molecule has 6 nitrogen and oxygen atoms in total. The van der Waals surface area contributed by atoms with Crippen LogP contribution in [0.25, 0.3) is 0 Å². The van der Waals surface area contributed by atoms with Crippen LogP contribution in [0.1, 0.15) is 28.2 Å². The monoisotopic (exact) mass is 369 g/mol. The van der Waals surface area contributed by atoms with Crippen molar-refractivity contribution in [1.29, 1.82) is 0 Å². The molecule has 1 aliphatic heterocycles. The first-order valence-electron chi connectivity index (χ1n) is 8.03. The second-order valence-electron chi connectivity index (χ2n) is 6.15. The second kappa shape index (κ2) is 6.64. The summed E-state index contributed by atoms with van der Waals surface area (Å²) in [7, 11) is 1.37. The van der Waals surface area contributed by atoms with E-state index in [-0.39, 0.29) is 6.54 Å². The molecule has 0 saturated heterocycles. The molecule has 140 valence electrons. The molecule has 1 aromatic carbocycles. The lowest BCUT2D eigenvalue weighted by atomic mass is 9.97. The SMILES string of the molecule is Cn1ccnc1C(O)(CCNC(=O)c1ccc2c(c1)CCO2)C(F)(F)F. The Hall–Kier alpha value is -2.55. The number of carbonyl (C=O) groups is 1. The van der Waals surface area contributed by atoms with Crippen LogP contribution in [0.15, 0.2) is 30.6 Å². The van der Waals surface area contributed by atoms with E-state index in [0.29, 0.717) is 24.3 Å². The average Bonchev–Trinajstić information content (AvgIpc) is 3.21. The van der Waals surface area contributed by atoms with Gasteiger partial charge in [0.25, 0.3) is 5.91 Å². The van der Waals surface area contributed by atoms with E-state index in [1.165, 1.54) is 19.4 Å². The van der Waals surface area contributed by atoms with Crippen molar-refractivity contribution >= 4 is 5.91 Å². The molecule has 0 spiro atoms. The third-order valence-electron chi connectivity index (χ3n) is 4.38. The van der Waals surface area contributed by atoms with Crippen molar-refractivity contribution in [2.45, 2.75) is 24.6 Å². The summed E-state index contributed by atoms with van der Waals surface area (Å²) in [6.45, 7) is 0.179. The van der Waals surface area contributed by atoms with Gasteiger partial charge in [-0.15, -0.1) is 0 Å². The van der Waals surface area contributed by atoms with Gasteiger partial charge in [0.15, 0.2) is 0 Å². The molecule has 0 saturated carbocycles. The fourth-order valence-corrected chi connectivity index (χ4v) is 2.93. The highest BCUT2D eigenvalue weighted by Crippen LogP contribution is 2.40. The van der Waals surface area contributed by atoms with Crippen LogP contribution in [0.2, 0.25) is 0 Å². The number of carbonyl (C=O) groups excluding carboxylic acids is 1. The number of fused-ring (bicyclic) bond motifs is 1. The normalized spacial score (nSPS) is 15.9. The zero-order valence-corrected chi connectivity index (χ0v) is 14.0. The van der Waals surface area contributed by atoms with E-state index in [2.05, 4.69) is 10.3 Å². The number of ether oxygens (including phenoxy) is 1. The van der Waals surface area contributed by atoms with E-state index in [4.69, 9.17) is 4.74 Å². The molecule has 1 aromatic heterocycles.